The van der Waals surface area contributed by atoms with Gasteiger partial charge in [0, 0.05) is 19.0 Å². The predicted octanol–water partition coefficient (Wildman–Crippen LogP) is 4.53. The fourth-order valence-electron chi connectivity index (χ4n) is 6.00. The molecule has 3 rings (SSSR count). The van der Waals surface area contributed by atoms with Gasteiger partial charge in [0.15, 0.2) is 0 Å². The number of allylic oxidation sites excluding steroid dienone is 1. The fraction of sp³-hybridized carbons (Fsp3) is 0.852. The molecule has 0 aromatic carbocycles. The predicted molar refractivity (Wildman–Crippen MR) is 130 cm³/mol. The van der Waals surface area contributed by atoms with Crippen LogP contribution in [0.25, 0.3) is 0 Å². The van der Waals surface area contributed by atoms with Crippen molar-refractivity contribution in [1.29, 1.82) is 0 Å². The number of nitrogens with zero attached hydrogens (tertiary/aromatic N) is 1. The van der Waals surface area contributed by atoms with Gasteiger partial charge in [-0.15, -0.1) is 0 Å². The largest absolute Gasteiger partial charge is 0.392 e. The number of aliphatic hydroxyl groups is 2. The highest BCUT2D eigenvalue weighted by atomic mass is 16.3. The molecule has 6 atom stereocenters. The third-order valence-electron chi connectivity index (χ3n) is 7.88. The quantitative estimate of drug-likeness (QED) is 0.296. The summed E-state index contributed by atoms with van der Waals surface area (Å²) in [5.74, 6) is 1.81. The summed E-state index contributed by atoms with van der Waals surface area (Å²) in [7, 11) is 0. The Morgan fingerprint density at radius 1 is 1.23 bits per heavy atom. The topological polar surface area (TPSA) is 55.7 Å². The number of unbranched alkanes of at least 4 members (excludes halogenated alkanes) is 1. The maximum absolute atomic E-state index is 10.6. The van der Waals surface area contributed by atoms with E-state index in [9.17, 15) is 10.2 Å². The SMILES string of the molecule is CCCC[C@H](C)C[C@H](O)C=C[C@@H]1[C@H]2CC(CCNCCN3CCCCC3)=C[C@H]2C[C@H]1O. The zero-order valence-corrected chi connectivity index (χ0v) is 20.1. The molecule has 1 saturated heterocycles. The number of rotatable bonds is 13. The number of nitrogens with one attached hydrogen (secondary N) is 1. The number of fused-ring (bicyclic) bond motifs is 1. The summed E-state index contributed by atoms with van der Waals surface area (Å²) in [5, 5.41) is 24.6. The van der Waals surface area contributed by atoms with Crippen LogP contribution in [0.4, 0.5) is 0 Å². The van der Waals surface area contributed by atoms with Crippen LogP contribution < -0.4 is 5.32 Å². The van der Waals surface area contributed by atoms with Gasteiger partial charge in [-0.2, -0.15) is 0 Å². The van der Waals surface area contributed by atoms with Gasteiger partial charge in [0.1, 0.15) is 0 Å². The van der Waals surface area contributed by atoms with Gasteiger partial charge in [-0.25, -0.2) is 0 Å². The zero-order chi connectivity index (χ0) is 22.1. The van der Waals surface area contributed by atoms with Gasteiger partial charge in [0.2, 0.25) is 0 Å². The molecule has 0 unspecified atom stereocenters. The first-order chi connectivity index (χ1) is 15.1. The molecule has 3 aliphatic rings. The van der Waals surface area contributed by atoms with Gasteiger partial charge in [-0.05, 0) is 75.9 Å². The van der Waals surface area contributed by atoms with Crippen LogP contribution in [0.1, 0.15) is 78.1 Å². The molecule has 0 radical (unpaired) electrons. The van der Waals surface area contributed by atoms with E-state index in [1.165, 1.54) is 58.2 Å². The van der Waals surface area contributed by atoms with E-state index in [-0.39, 0.29) is 18.1 Å². The third-order valence-corrected chi connectivity index (χ3v) is 7.88. The van der Waals surface area contributed by atoms with Crippen molar-refractivity contribution in [2.75, 3.05) is 32.7 Å². The second kappa shape index (κ2) is 13.1. The molecule has 0 bridgehead atoms. The van der Waals surface area contributed by atoms with Crippen LogP contribution in [-0.4, -0.2) is 60.0 Å². The second-order valence-corrected chi connectivity index (χ2v) is 10.6. The molecule has 2 aliphatic carbocycles. The first-order valence-corrected chi connectivity index (χ1v) is 13.2. The van der Waals surface area contributed by atoms with Crippen LogP contribution in [0.2, 0.25) is 0 Å². The molecule has 0 aromatic rings. The lowest BCUT2D eigenvalue weighted by molar-refractivity contribution is 0.139. The van der Waals surface area contributed by atoms with Gasteiger partial charge in [0.05, 0.1) is 12.2 Å². The highest BCUT2D eigenvalue weighted by Gasteiger charge is 2.43. The van der Waals surface area contributed by atoms with E-state index in [0.29, 0.717) is 17.8 Å². The van der Waals surface area contributed by atoms with E-state index in [1.807, 2.05) is 6.08 Å². The molecule has 4 heteroatoms. The summed E-state index contributed by atoms with van der Waals surface area (Å²) in [4.78, 5) is 2.59. The van der Waals surface area contributed by atoms with Crippen molar-refractivity contribution in [3.8, 4) is 0 Å². The Labute approximate surface area is 191 Å². The third kappa shape index (κ3) is 7.99. The average Bonchev–Trinajstić information content (AvgIpc) is 3.27. The Morgan fingerprint density at radius 3 is 2.81 bits per heavy atom. The van der Waals surface area contributed by atoms with Crippen LogP contribution in [0.15, 0.2) is 23.8 Å². The van der Waals surface area contributed by atoms with Crippen molar-refractivity contribution in [3.63, 3.8) is 0 Å². The van der Waals surface area contributed by atoms with Crippen molar-refractivity contribution in [1.82, 2.24) is 10.2 Å². The molecule has 3 N–H and O–H groups in total. The van der Waals surface area contributed by atoms with E-state index in [2.05, 4.69) is 36.2 Å². The standard InChI is InChI=1S/C27H48N2O2/c1-3-4-8-21(2)17-24(30)9-10-25-26-19-22(18-23(26)20-27(25)31)11-12-28-13-16-29-14-6-5-7-15-29/h9-10,18,21,23-28,30-31H,3-8,11-17,19-20H2,1-2H3/t21-,23-,24+,25+,26-,27+/m0/s1. The van der Waals surface area contributed by atoms with Gasteiger partial charge in [0.25, 0.3) is 0 Å². The Hall–Kier alpha value is -0.680. The summed E-state index contributed by atoms with van der Waals surface area (Å²) in [6.45, 7) is 10.4. The molecule has 2 fully saturated rings. The Morgan fingerprint density at radius 2 is 2.03 bits per heavy atom. The minimum Gasteiger partial charge on any atom is -0.392 e. The number of hydrogen-bond acceptors (Lipinski definition) is 4. The van der Waals surface area contributed by atoms with Gasteiger partial charge in [-0.1, -0.05) is 63.3 Å². The number of piperidine rings is 1. The lowest BCUT2D eigenvalue weighted by atomic mass is 9.88. The van der Waals surface area contributed by atoms with E-state index in [0.717, 1.165) is 38.8 Å². The van der Waals surface area contributed by atoms with Crippen LogP contribution in [-0.2, 0) is 0 Å². The minimum atomic E-state index is -0.379. The minimum absolute atomic E-state index is 0.200. The van der Waals surface area contributed by atoms with Gasteiger partial charge >= 0.3 is 0 Å². The van der Waals surface area contributed by atoms with Crippen molar-refractivity contribution in [2.45, 2.75) is 90.3 Å². The van der Waals surface area contributed by atoms with Gasteiger partial charge in [-0.3, -0.25) is 0 Å². The molecule has 1 aliphatic heterocycles. The Kier molecular flexibility index (Phi) is 10.6. The van der Waals surface area contributed by atoms with E-state index in [4.69, 9.17) is 0 Å². The van der Waals surface area contributed by atoms with Crippen LogP contribution in [0.5, 0.6) is 0 Å². The van der Waals surface area contributed by atoms with Crippen molar-refractivity contribution < 1.29 is 10.2 Å². The van der Waals surface area contributed by atoms with E-state index >= 15 is 0 Å². The summed E-state index contributed by atoms with van der Waals surface area (Å²) in [5.41, 5.74) is 1.57. The Bertz CT molecular complexity index is 570. The number of hydrogen-bond donors (Lipinski definition) is 3. The first-order valence-electron chi connectivity index (χ1n) is 13.2. The van der Waals surface area contributed by atoms with Crippen LogP contribution >= 0.6 is 0 Å². The first kappa shape index (κ1) is 25.0. The lowest BCUT2D eigenvalue weighted by Gasteiger charge is -2.26. The molecule has 0 amide bonds. The van der Waals surface area contributed by atoms with E-state index in [1.54, 1.807) is 5.57 Å². The van der Waals surface area contributed by atoms with Crippen molar-refractivity contribution in [2.24, 2.45) is 23.7 Å². The fourth-order valence-corrected chi connectivity index (χ4v) is 6.00. The maximum atomic E-state index is 10.6. The average molecular weight is 433 g/mol. The summed E-state index contributed by atoms with van der Waals surface area (Å²) in [6, 6.07) is 0. The molecule has 1 heterocycles. The summed E-state index contributed by atoms with van der Waals surface area (Å²) >= 11 is 0. The maximum Gasteiger partial charge on any atom is 0.0723 e. The normalized spacial score (nSPS) is 31.2. The molecule has 0 spiro atoms. The zero-order valence-electron chi connectivity index (χ0n) is 20.1. The molecular formula is C27H48N2O2. The van der Waals surface area contributed by atoms with Crippen molar-refractivity contribution in [3.05, 3.63) is 23.8 Å². The second-order valence-electron chi connectivity index (χ2n) is 10.6. The van der Waals surface area contributed by atoms with Crippen LogP contribution in [0, 0.1) is 23.7 Å². The van der Waals surface area contributed by atoms with Crippen LogP contribution in [0.3, 0.4) is 0 Å². The van der Waals surface area contributed by atoms with E-state index < -0.39 is 0 Å². The number of aliphatic hydroxyl groups excluding tert-OH is 2. The Balaban J connectivity index is 1.35. The monoisotopic (exact) mass is 432 g/mol. The molecule has 1 saturated carbocycles. The molecule has 31 heavy (non-hydrogen) atoms. The van der Waals surface area contributed by atoms with Crippen molar-refractivity contribution >= 4 is 0 Å². The molecule has 4 nitrogen and oxygen atoms in total. The summed E-state index contributed by atoms with van der Waals surface area (Å²) in [6.07, 6.45) is 17.7. The summed E-state index contributed by atoms with van der Waals surface area (Å²) < 4.78 is 0. The highest BCUT2D eigenvalue weighted by Crippen LogP contribution is 2.47. The number of likely N-dealkylation sites (tertiary alicyclic amines) is 1. The molecule has 178 valence electrons. The highest BCUT2D eigenvalue weighted by molar-refractivity contribution is 5.21. The smallest absolute Gasteiger partial charge is 0.0723 e. The lowest BCUT2D eigenvalue weighted by Crippen LogP contribution is -2.36. The van der Waals surface area contributed by atoms with Gasteiger partial charge < -0.3 is 20.4 Å². The molecule has 0 aromatic heterocycles. The molecular weight excluding hydrogens is 384 g/mol.